The van der Waals surface area contributed by atoms with Crippen molar-refractivity contribution in [2.24, 2.45) is 17.3 Å². The van der Waals surface area contributed by atoms with E-state index in [0.29, 0.717) is 5.41 Å². The Hall–Kier alpha value is -0.260. The Balaban J connectivity index is 2.02. The smallest absolute Gasteiger partial charge is 0.0205 e. The van der Waals surface area contributed by atoms with Crippen molar-refractivity contribution in [3.63, 3.8) is 0 Å². The van der Waals surface area contributed by atoms with Gasteiger partial charge in [0, 0.05) is 0 Å². The summed E-state index contributed by atoms with van der Waals surface area (Å²) in [6, 6.07) is 0. The van der Waals surface area contributed by atoms with E-state index in [1.165, 1.54) is 57.8 Å². The fourth-order valence-electron chi connectivity index (χ4n) is 3.53. The second-order valence-corrected chi connectivity index (χ2v) is 6.73. The second-order valence-electron chi connectivity index (χ2n) is 6.73. The molecule has 0 aromatic rings. The summed E-state index contributed by atoms with van der Waals surface area (Å²) in [5, 5.41) is 0. The van der Waals surface area contributed by atoms with Gasteiger partial charge in [-0.05, 0) is 62.2 Å². The minimum Gasteiger partial charge on any atom is -0.0882 e. The Labute approximate surface area is 102 Å². The van der Waals surface area contributed by atoms with E-state index in [-0.39, 0.29) is 0 Å². The normalized spacial score (nSPS) is 35.4. The van der Waals surface area contributed by atoms with Crippen molar-refractivity contribution < 1.29 is 0 Å². The first-order chi connectivity index (χ1) is 7.67. The van der Waals surface area contributed by atoms with Gasteiger partial charge in [0.15, 0.2) is 0 Å². The summed E-state index contributed by atoms with van der Waals surface area (Å²) >= 11 is 0. The first kappa shape index (κ1) is 12.2. The predicted molar refractivity (Wildman–Crippen MR) is 71.5 cm³/mol. The second kappa shape index (κ2) is 5.38. The minimum atomic E-state index is 0.598. The van der Waals surface area contributed by atoms with Gasteiger partial charge in [-0.15, -0.1) is 0 Å². The molecule has 0 heterocycles. The van der Waals surface area contributed by atoms with E-state index in [1.54, 1.807) is 0 Å². The average molecular weight is 220 g/mol. The van der Waals surface area contributed by atoms with Gasteiger partial charge in [0.1, 0.15) is 0 Å². The van der Waals surface area contributed by atoms with E-state index in [9.17, 15) is 0 Å². The summed E-state index contributed by atoms with van der Waals surface area (Å²) in [5.41, 5.74) is 0.598. The van der Waals surface area contributed by atoms with Gasteiger partial charge in [0.25, 0.3) is 0 Å². The van der Waals surface area contributed by atoms with Crippen molar-refractivity contribution in [2.75, 3.05) is 0 Å². The molecule has 0 heteroatoms. The molecule has 92 valence electrons. The quantitative estimate of drug-likeness (QED) is 0.483. The molecule has 16 heavy (non-hydrogen) atoms. The van der Waals surface area contributed by atoms with Crippen molar-refractivity contribution >= 4 is 0 Å². The Morgan fingerprint density at radius 1 is 0.938 bits per heavy atom. The van der Waals surface area contributed by atoms with Crippen LogP contribution in [0.15, 0.2) is 12.2 Å². The molecule has 2 aliphatic carbocycles. The highest BCUT2D eigenvalue weighted by atomic mass is 14.3. The summed E-state index contributed by atoms with van der Waals surface area (Å²) in [7, 11) is 0. The molecule has 0 aromatic heterocycles. The number of hydrogen-bond donors (Lipinski definition) is 0. The van der Waals surface area contributed by atoms with Gasteiger partial charge in [0.2, 0.25) is 0 Å². The molecule has 0 amide bonds. The van der Waals surface area contributed by atoms with Crippen LogP contribution in [0.2, 0.25) is 0 Å². The van der Waals surface area contributed by atoms with Crippen LogP contribution in [0.5, 0.6) is 0 Å². The van der Waals surface area contributed by atoms with E-state index in [4.69, 9.17) is 0 Å². The van der Waals surface area contributed by atoms with Crippen LogP contribution in [0.3, 0.4) is 0 Å². The molecule has 0 aliphatic heterocycles. The molecule has 1 fully saturated rings. The largest absolute Gasteiger partial charge is 0.0882 e. The standard InChI is InChI=1S/C16H28/c1-16(2)12-7-10-14-8-5-3-4-6-9-15(14)11-13-16/h6,9,14-15H,3-5,7-8,10-13H2,1-2H3. The monoisotopic (exact) mass is 220 g/mol. The van der Waals surface area contributed by atoms with E-state index < -0.39 is 0 Å². The maximum absolute atomic E-state index is 2.56. The van der Waals surface area contributed by atoms with Crippen molar-refractivity contribution in [1.82, 2.24) is 0 Å². The molecule has 1 saturated carbocycles. The fraction of sp³-hybridized carbons (Fsp3) is 0.875. The lowest BCUT2D eigenvalue weighted by Crippen LogP contribution is -2.22. The maximum atomic E-state index is 2.56. The van der Waals surface area contributed by atoms with Gasteiger partial charge >= 0.3 is 0 Å². The van der Waals surface area contributed by atoms with Crippen LogP contribution in [0, 0.1) is 17.3 Å². The molecule has 2 rings (SSSR count). The van der Waals surface area contributed by atoms with Crippen LogP contribution in [0.25, 0.3) is 0 Å². The number of hydrogen-bond acceptors (Lipinski definition) is 0. The minimum absolute atomic E-state index is 0.598. The Morgan fingerprint density at radius 3 is 2.62 bits per heavy atom. The van der Waals surface area contributed by atoms with Gasteiger partial charge in [-0.3, -0.25) is 0 Å². The molecule has 2 aliphatic rings. The summed E-state index contributed by atoms with van der Waals surface area (Å²) in [6.07, 6.45) is 18.0. The molecule has 0 nitrogen and oxygen atoms in total. The fourth-order valence-corrected chi connectivity index (χ4v) is 3.53. The molecule has 0 aromatic carbocycles. The van der Waals surface area contributed by atoms with Crippen LogP contribution in [-0.4, -0.2) is 0 Å². The summed E-state index contributed by atoms with van der Waals surface area (Å²) in [4.78, 5) is 0. The SMILES string of the molecule is CC1(C)CCCC2CCCCC=CC2CC1. The number of rotatable bonds is 0. The Kier molecular flexibility index (Phi) is 4.10. The highest BCUT2D eigenvalue weighted by molar-refractivity contribution is 4.95. The Morgan fingerprint density at radius 2 is 1.75 bits per heavy atom. The van der Waals surface area contributed by atoms with Crippen LogP contribution >= 0.6 is 0 Å². The number of allylic oxidation sites excluding steroid dienone is 2. The summed E-state index contributed by atoms with van der Waals surface area (Å²) in [5.74, 6) is 1.91. The van der Waals surface area contributed by atoms with Crippen molar-refractivity contribution in [1.29, 1.82) is 0 Å². The molecule has 0 saturated heterocycles. The van der Waals surface area contributed by atoms with Gasteiger partial charge in [-0.1, -0.05) is 38.8 Å². The molecule has 0 bridgehead atoms. The zero-order valence-electron chi connectivity index (χ0n) is 11.2. The van der Waals surface area contributed by atoms with Gasteiger partial charge in [0.05, 0.1) is 0 Å². The van der Waals surface area contributed by atoms with E-state index in [1.807, 2.05) is 0 Å². The van der Waals surface area contributed by atoms with Crippen molar-refractivity contribution in [3.05, 3.63) is 12.2 Å². The molecule has 0 N–H and O–H groups in total. The number of fused-ring (bicyclic) bond motifs is 1. The van der Waals surface area contributed by atoms with Crippen molar-refractivity contribution in [2.45, 2.75) is 71.6 Å². The first-order valence-corrected chi connectivity index (χ1v) is 7.34. The zero-order chi connectivity index (χ0) is 11.4. The van der Waals surface area contributed by atoms with Gasteiger partial charge in [-0.2, -0.15) is 0 Å². The third kappa shape index (κ3) is 3.37. The van der Waals surface area contributed by atoms with Crippen molar-refractivity contribution in [3.8, 4) is 0 Å². The summed E-state index contributed by atoms with van der Waals surface area (Å²) < 4.78 is 0. The predicted octanol–water partition coefficient (Wildman–Crippen LogP) is 5.34. The lowest BCUT2D eigenvalue weighted by Gasteiger charge is -2.34. The maximum Gasteiger partial charge on any atom is -0.0205 e. The van der Waals surface area contributed by atoms with Gasteiger partial charge in [-0.25, -0.2) is 0 Å². The molecule has 2 unspecified atom stereocenters. The molecule has 0 spiro atoms. The lowest BCUT2D eigenvalue weighted by atomic mass is 9.71. The van der Waals surface area contributed by atoms with Crippen LogP contribution < -0.4 is 0 Å². The Bertz CT molecular complexity index is 236. The molecular formula is C16H28. The van der Waals surface area contributed by atoms with E-state index in [2.05, 4.69) is 26.0 Å². The molecular weight excluding hydrogens is 192 g/mol. The topological polar surface area (TPSA) is 0 Å². The average Bonchev–Trinajstić information content (AvgIpc) is 2.18. The van der Waals surface area contributed by atoms with E-state index in [0.717, 1.165) is 11.8 Å². The van der Waals surface area contributed by atoms with Crippen LogP contribution in [0.4, 0.5) is 0 Å². The van der Waals surface area contributed by atoms with Crippen LogP contribution in [0.1, 0.15) is 71.6 Å². The lowest BCUT2D eigenvalue weighted by molar-refractivity contribution is 0.195. The first-order valence-electron chi connectivity index (χ1n) is 7.34. The third-order valence-corrected chi connectivity index (χ3v) is 4.77. The van der Waals surface area contributed by atoms with E-state index >= 15 is 0 Å². The molecule has 2 atom stereocenters. The zero-order valence-corrected chi connectivity index (χ0v) is 11.2. The highest BCUT2D eigenvalue weighted by Gasteiger charge is 2.27. The highest BCUT2D eigenvalue weighted by Crippen LogP contribution is 2.40. The molecule has 0 radical (unpaired) electrons. The third-order valence-electron chi connectivity index (χ3n) is 4.77. The van der Waals surface area contributed by atoms with Crippen LogP contribution in [-0.2, 0) is 0 Å². The van der Waals surface area contributed by atoms with Gasteiger partial charge < -0.3 is 0 Å². The summed E-state index contributed by atoms with van der Waals surface area (Å²) in [6.45, 7) is 4.92.